The van der Waals surface area contributed by atoms with E-state index in [1.807, 2.05) is 0 Å². The molecule has 3 atom stereocenters. The first-order valence-corrected chi connectivity index (χ1v) is 21.1. The first-order valence-electron chi connectivity index (χ1n) is 15.5. The third-order valence-corrected chi connectivity index (χ3v) is 9.71. The molecule has 318 valence electrons. The van der Waals surface area contributed by atoms with E-state index in [0.717, 1.165) is 44.2 Å². The molecular formula is C32H36Cl2F5N3O12S3. The Balaban J connectivity index is 0.000000429. The van der Waals surface area contributed by atoms with Gasteiger partial charge in [-0.25, -0.2) is 8.78 Å². The summed E-state index contributed by atoms with van der Waals surface area (Å²) in [6.45, 7) is 4.80. The predicted octanol–water partition coefficient (Wildman–Crippen LogP) is 5.17. The summed E-state index contributed by atoms with van der Waals surface area (Å²) in [5.41, 5.74) is -1.09. The van der Waals surface area contributed by atoms with Gasteiger partial charge in [0.15, 0.2) is 0 Å². The fourth-order valence-corrected chi connectivity index (χ4v) is 7.55. The maximum absolute atomic E-state index is 13.5. The van der Waals surface area contributed by atoms with Crippen molar-refractivity contribution in [3.8, 4) is 0 Å². The second-order valence-electron chi connectivity index (χ2n) is 11.9. The SMILES string of the molecule is CC(=O)NC(CS(=O)(=O)O)c1c(Cl)cccc1Cl.CC(=O)NC(CS(=O)(=O)O)c1c(F)cccc1F.CC(=O)NC(CS(=O)(=O)O)c1cc(C)cc(C(F)(F)F)c1. The van der Waals surface area contributed by atoms with Gasteiger partial charge in [0, 0.05) is 41.9 Å². The Kier molecular flexibility index (Phi) is 18.9. The fraction of sp³-hybridized carbons (Fsp3) is 0.344. The third-order valence-electron chi connectivity index (χ3n) is 6.79. The number of hydrogen-bond donors (Lipinski definition) is 6. The number of nitrogens with one attached hydrogen (secondary N) is 3. The molecule has 0 bridgehead atoms. The highest BCUT2D eigenvalue weighted by molar-refractivity contribution is 7.86. The zero-order valence-corrected chi connectivity index (χ0v) is 33.9. The Bertz CT molecular complexity index is 2120. The predicted molar refractivity (Wildman–Crippen MR) is 198 cm³/mol. The molecule has 3 unspecified atom stereocenters. The Morgan fingerprint density at radius 3 is 1.35 bits per heavy atom. The van der Waals surface area contributed by atoms with Crippen LogP contribution in [-0.4, -0.2) is 73.9 Å². The van der Waals surface area contributed by atoms with E-state index < -0.39 is 112 Å². The highest BCUT2D eigenvalue weighted by atomic mass is 35.5. The first-order chi connectivity index (χ1) is 25.8. The van der Waals surface area contributed by atoms with Crippen molar-refractivity contribution in [1.82, 2.24) is 16.0 Å². The van der Waals surface area contributed by atoms with Crippen molar-refractivity contribution in [2.45, 2.75) is 52.0 Å². The summed E-state index contributed by atoms with van der Waals surface area (Å²) in [5, 5.41) is 7.10. The number of alkyl halides is 3. The van der Waals surface area contributed by atoms with Crippen LogP contribution in [0.15, 0.2) is 54.6 Å². The molecule has 0 aliphatic rings. The van der Waals surface area contributed by atoms with Gasteiger partial charge in [0.1, 0.15) is 17.4 Å². The molecule has 57 heavy (non-hydrogen) atoms. The van der Waals surface area contributed by atoms with E-state index in [0.29, 0.717) is 0 Å². The topological polar surface area (TPSA) is 250 Å². The zero-order chi connectivity index (χ0) is 44.3. The van der Waals surface area contributed by atoms with E-state index >= 15 is 0 Å². The summed E-state index contributed by atoms with van der Waals surface area (Å²) < 4.78 is 157. The Labute approximate surface area is 334 Å². The quantitative estimate of drug-likeness (QED) is 0.102. The second kappa shape index (κ2) is 21.2. The van der Waals surface area contributed by atoms with Crippen LogP contribution in [0.5, 0.6) is 0 Å². The molecule has 0 spiro atoms. The van der Waals surface area contributed by atoms with Gasteiger partial charge in [-0.2, -0.15) is 38.4 Å². The average Bonchev–Trinajstić information content (AvgIpc) is 2.97. The van der Waals surface area contributed by atoms with Crippen LogP contribution in [0.4, 0.5) is 22.0 Å². The van der Waals surface area contributed by atoms with Crippen LogP contribution in [0.2, 0.25) is 10.0 Å². The smallest absolute Gasteiger partial charge is 0.348 e. The van der Waals surface area contributed by atoms with Crippen LogP contribution >= 0.6 is 23.2 Å². The molecule has 0 saturated carbocycles. The van der Waals surface area contributed by atoms with Gasteiger partial charge in [0.2, 0.25) is 17.7 Å². The van der Waals surface area contributed by atoms with Gasteiger partial charge in [-0.15, -0.1) is 0 Å². The Hall–Kier alpha value is -3.97. The van der Waals surface area contributed by atoms with Crippen molar-refractivity contribution >= 4 is 71.3 Å². The lowest BCUT2D eigenvalue weighted by molar-refractivity contribution is -0.137. The number of benzene rings is 3. The molecule has 6 N–H and O–H groups in total. The van der Waals surface area contributed by atoms with Gasteiger partial charge in [0.05, 0.1) is 35.2 Å². The van der Waals surface area contributed by atoms with Crippen molar-refractivity contribution in [1.29, 1.82) is 0 Å². The number of hydrogen-bond acceptors (Lipinski definition) is 9. The molecule has 0 aliphatic heterocycles. The minimum Gasteiger partial charge on any atom is -0.348 e. The van der Waals surface area contributed by atoms with Gasteiger partial charge in [-0.3, -0.25) is 28.0 Å². The molecule has 25 heteroatoms. The van der Waals surface area contributed by atoms with Gasteiger partial charge in [-0.1, -0.05) is 47.0 Å². The highest BCUT2D eigenvalue weighted by Crippen LogP contribution is 2.33. The van der Waals surface area contributed by atoms with Crippen LogP contribution in [0.3, 0.4) is 0 Å². The van der Waals surface area contributed by atoms with E-state index in [9.17, 15) is 61.6 Å². The maximum Gasteiger partial charge on any atom is 0.416 e. The van der Waals surface area contributed by atoms with Crippen LogP contribution in [-0.2, 0) is 50.9 Å². The summed E-state index contributed by atoms with van der Waals surface area (Å²) in [5.74, 6) is -6.38. The maximum atomic E-state index is 13.5. The van der Waals surface area contributed by atoms with E-state index in [1.165, 1.54) is 32.0 Å². The molecule has 0 radical (unpaired) electrons. The Morgan fingerprint density at radius 2 is 0.982 bits per heavy atom. The third kappa shape index (κ3) is 19.8. The molecular weight excluding hydrogens is 880 g/mol. The van der Waals surface area contributed by atoms with Crippen molar-refractivity contribution in [2.24, 2.45) is 0 Å². The van der Waals surface area contributed by atoms with Crippen LogP contribution < -0.4 is 16.0 Å². The van der Waals surface area contributed by atoms with Crippen LogP contribution in [0.25, 0.3) is 0 Å². The van der Waals surface area contributed by atoms with Crippen LogP contribution in [0, 0.1) is 18.6 Å². The number of aryl methyl sites for hydroxylation is 1. The summed E-state index contributed by atoms with van der Waals surface area (Å²) >= 11 is 11.8. The number of carbonyl (C=O) groups excluding carboxylic acids is 3. The molecule has 15 nitrogen and oxygen atoms in total. The first kappa shape index (κ1) is 51.0. The molecule has 3 rings (SSSR count). The Morgan fingerprint density at radius 1 is 0.632 bits per heavy atom. The van der Waals surface area contributed by atoms with Crippen molar-refractivity contribution in [3.05, 3.63) is 104 Å². The molecule has 0 aliphatic carbocycles. The lowest BCUT2D eigenvalue weighted by atomic mass is 10.0. The van der Waals surface area contributed by atoms with Gasteiger partial charge < -0.3 is 16.0 Å². The fourth-order valence-electron chi connectivity index (χ4n) is 4.85. The van der Waals surface area contributed by atoms with Crippen molar-refractivity contribution in [2.75, 3.05) is 17.3 Å². The average molecular weight is 917 g/mol. The number of carbonyl (C=O) groups is 3. The van der Waals surface area contributed by atoms with Crippen molar-refractivity contribution < 1.29 is 75.2 Å². The molecule has 0 fully saturated rings. The lowest BCUT2D eigenvalue weighted by Crippen LogP contribution is -2.32. The molecule has 0 heterocycles. The monoisotopic (exact) mass is 915 g/mol. The van der Waals surface area contributed by atoms with Crippen molar-refractivity contribution in [3.63, 3.8) is 0 Å². The largest absolute Gasteiger partial charge is 0.416 e. The molecule has 3 aromatic carbocycles. The van der Waals surface area contributed by atoms with E-state index in [4.69, 9.17) is 36.9 Å². The summed E-state index contributed by atoms with van der Waals surface area (Å²) in [4.78, 5) is 33.0. The minimum absolute atomic E-state index is 0.0462. The van der Waals surface area contributed by atoms with Crippen LogP contribution in [0.1, 0.15) is 66.7 Å². The number of amides is 3. The van der Waals surface area contributed by atoms with E-state index in [1.54, 1.807) is 6.07 Å². The highest BCUT2D eigenvalue weighted by Gasteiger charge is 2.32. The zero-order valence-electron chi connectivity index (χ0n) is 29.9. The molecule has 0 aromatic heterocycles. The number of halogens is 7. The molecule has 3 aromatic rings. The minimum atomic E-state index is -4.60. The molecule has 0 saturated heterocycles. The van der Waals surface area contributed by atoms with E-state index in [-0.39, 0.29) is 26.7 Å². The van der Waals surface area contributed by atoms with Gasteiger partial charge in [0.25, 0.3) is 30.4 Å². The normalized spacial score (nSPS) is 13.4. The molecule has 3 amide bonds. The summed E-state index contributed by atoms with van der Waals surface area (Å²) in [7, 11) is -13.3. The second-order valence-corrected chi connectivity index (χ2v) is 17.2. The van der Waals surface area contributed by atoms with E-state index in [2.05, 4.69) is 16.0 Å². The summed E-state index contributed by atoms with van der Waals surface area (Å²) in [6, 6.07) is 6.80. The number of rotatable bonds is 12. The van der Waals surface area contributed by atoms with Gasteiger partial charge >= 0.3 is 6.18 Å². The lowest BCUT2D eigenvalue weighted by Gasteiger charge is -2.19. The standard InChI is InChI=1S/C12H14F3NO4S.C10H11Cl2NO4S.C10H11F2NO4S/c1-7-3-9(5-10(4-7)12(13,14)15)11(16-8(2)17)6-21(18,19)20;2*1-6(14)13-9(5-18(15,16)17)10-7(11)3-2-4-8(10)12/h3-5,11H,6H2,1-2H3,(H,16,17)(H,18,19,20);2*2-4,9H,5H2,1H3,(H,13,14)(H,15,16,17). The summed E-state index contributed by atoms with van der Waals surface area (Å²) in [6.07, 6.45) is -4.60. The van der Waals surface area contributed by atoms with Gasteiger partial charge in [-0.05, 0) is 48.9 Å².